The Hall–Kier alpha value is -3.05. The molecular formula is C23H14ClF6NO3S. The number of sulfonamides is 1. The van der Waals surface area contributed by atoms with E-state index in [4.69, 9.17) is 11.6 Å². The van der Waals surface area contributed by atoms with Crippen LogP contribution in [0.1, 0.15) is 44.2 Å². The average Bonchev–Trinajstić information content (AvgIpc) is 3.07. The van der Waals surface area contributed by atoms with E-state index >= 15 is 0 Å². The van der Waals surface area contributed by atoms with Gasteiger partial charge in [-0.15, -0.1) is 0 Å². The molecule has 1 amide bonds. The van der Waals surface area contributed by atoms with Gasteiger partial charge in [0.1, 0.15) is 0 Å². The second kappa shape index (κ2) is 8.27. The van der Waals surface area contributed by atoms with Gasteiger partial charge in [0.05, 0.1) is 22.1 Å². The molecule has 3 aromatic rings. The van der Waals surface area contributed by atoms with E-state index in [1.165, 1.54) is 37.3 Å². The molecule has 1 aliphatic rings. The van der Waals surface area contributed by atoms with E-state index in [9.17, 15) is 39.6 Å². The number of rotatable bonds is 3. The van der Waals surface area contributed by atoms with Crippen molar-refractivity contribution in [3.8, 4) is 0 Å². The van der Waals surface area contributed by atoms with Crippen LogP contribution in [0.2, 0.25) is 5.02 Å². The van der Waals surface area contributed by atoms with Crippen LogP contribution in [0, 0.1) is 6.92 Å². The number of carbonyl (C=O) groups excluding carboxylic acids is 1. The monoisotopic (exact) mass is 533 g/mol. The van der Waals surface area contributed by atoms with Crippen LogP contribution in [0.25, 0.3) is 0 Å². The third-order valence-corrected chi connectivity index (χ3v) is 7.56. The SMILES string of the molecule is Cc1cccc2c1C(=O)N(S(=O)(=O)c1ccc(Cl)cc1)C2c1cc(C(F)(F)F)cc(C(F)(F)F)c1. The van der Waals surface area contributed by atoms with Crippen LogP contribution < -0.4 is 0 Å². The summed E-state index contributed by atoms with van der Waals surface area (Å²) in [4.78, 5) is 12.9. The van der Waals surface area contributed by atoms with Gasteiger partial charge < -0.3 is 0 Å². The van der Waals surface area contributed by atoms with Crippen molar-refractivity contribution in [2.24, 2.45) is 0 Å². The fourth-order valence-electron chi connectivity index (χ4n) is 3.98. The van der Waals surface area contributed by atoms with E-state index in [-0.39, 0.29) is 22.2 Å². The highest BCUT2D eigenvalue weighted by Gasteiger charge is 2.47. The molecule has 1 aliphatic heterocycles. The van der Waals surface area contributed by atoms with Crippen molar-refractivity contribution in [2.75, 3.05) is 0 Å². The number of halogens is 7. The Morgan fingerprint density at radius 2 is 1.40 bits per heavy atom. The third-order valence-electron chi connectivity index (χ3n) is 5.54. The molecule has 1 heterocycles. The van der Waals surface area contributed by atoms with Gasteiger partial charge in [0.25, 0.3) is 15.9 Å². The largest absolute Gasteiger partial charge is 0.416 e. The molecule has 0 fully saturated rings. The highest BCUT2D eigenvalue weighted by Crippen LogP contribution is 2.46. The second-order valence-corrected chi connectivity index (χ2v) is 10.1. The Balaban J connectivity index is 2.02. The summed E-state index contributed by atoms with van der Waals surface area (Å²) in [7, 11) is -4.72. The minimum Gasteiger partial charge on any atom is -0.268 e. The molecule has 3 aromatic carbocycles. The fourth-order valence-corrected chi connectivity index (χ4v) is 5.64. The molecule has 0 radical (unpaired) electrons. The quantitative estimate of drug-likeness (QED) is 0.356. The van der Waals surface area contributed by atoms with Crippen molar-refractivity contribution < 1.29 is 39.6 Å². The summed E-state index contributed by atoms with van der Waals surface area (Å²) in [6.45, 7) is 1.49. The lowest BCUT2D eigenvalue weighted by atomic mass is 9.93. The zero-order valence-electron chi connectivity index (χ0n) is 17.6. The second-order valence-electron chi connectivity index (χ2n) is 7.84. The summed E-state index contributed by atoms with van der Waals surface area (Å²) in [5.74, 6) is -1.07. The maximum atomic E-state index is 13.5. The number of benzene rings is 3. The van der Waals surface area contributed by atoms with Gasteiger partial charge in [-0.2, -0.15) is 26.3 Å². The van der Waals surface area contributed by atoms with Crippen LogP contribution in [0.5, 0.6) is 0 Å². The Labute approximate surface area is 200 Å². The van der Waals surface area contributed by atoms with Crippen molar-refractivity contribution in [2.45, 2.75) is 30.2 Å². The van der Waals surface area contributed by atoms with Gasteiger partial charge in [0, 0.05) is 10.6 Å². The number of hydrogen-bond donors (Lipinski definition) is 0. The maximum absolute atomic E-state index is 13.5. The predicted molar refractivity (Wildman–Crippen MR) is 114 cm³/mol. The van der Waals surface area contributed by atoms with Crippen LogP contribution in [0.4, 0.5) is 26.3 Å². The lowest BCUT2D eigenvalue weighted by molar-refractivity contribution is -0.143. The molecule has 4 rings (SSSR count). The Morgan fingerprint density at radius 1 is 0.857 bits per heavy atom. The minimum atomic E-state index is -5.16. The molecule has 0 aromatic heterocycles. The molecule has 0 spiro atoms. The molecule has 0 saturated carbocycles. The van der Waals surface area contributed by atoms with Crippen molar-refractivity contribution >= 4 is 27.5 Å². The van der Waals surface area contributed by atoms with E-state index in [0.29, 0.717) is 22.0 Å². The first-order chi connectivity index (χ1) is 16.1. The Morgan fingerprint density at radius 3 is 1.91 bits per heavy atom. The molecule has 0 aliphatic carbocycles. The molecule has 184 valence electrons. The summed E-state index contributed by atoms with van der Waals surface area (Å²) < 4.78 is 108. The molecule has 1 atom stereocenters. The summed E-state index contributed by atoms with van der Waals surface area (Å²) in [5.41, 5.74) is -3.72. The molecule has 1 unspecified atom stereocenters. The Bertz CT molecular complexity index is 1400. The summed E-state index contributed by atoms with van der Waals surface area (Å²) in [5, 5.41) is 0.181. The van der Waals surface area contributed by atoms with Gasteiger partial charge in [-0.05, 0) is 66.1 Å². The summed E-state index contributed by atoms with van der Waals surface area (Å²) in [6, 6.07) is 7.89. The topological polar surface area (TPSA) is 54.5 Å². The van der Waals surface area contributed by atoms with Crippen LogP contribution in [-0.2, 0) is 22.4 Å². The van der Waals surface area contributed by atoms with Crippen molar-refractivity contribution in [1.82, 2.24) is 4.31 Å². The zero-order valence-corrected chi connectivity index (χ0v) is 19.1. The lowest BCUT2D eigenvalue weighted by Crippen LogP contribution is -2.35. The molecule has 0 bridgehead atoms. The van der Waals surface area contributed by atoms with E-state index in [1.807, 2.05) is 0 Å². The molecule has 35 heavy (non-hydrogen) atoms. The standard InChI is InChI=1S/C23H14ClF6NO3S/c1-12-3-2-4-18-19(12)21(32)31(35(33,34)17-7-5-16(24)6-8-17)20(18)13-9-14(22(25,26)27)11-15(10-13)23(28,29)30/h2-11,20H,1H3. The zero-order chi connectivity index (χ0) is 25.9. The van der Waals surface area contributed by atoms with Gasteiger partial charge in [0.2, 0.25) is 0 Å². The smallest absolute Gasteiger partial charge is 0.268 e. The normalized spacial score (nSPS) is 16.5. The number of alkyl halides is 6. The first-order valence-electron chi connectivity index (χ1n) is 9.85. The number of amides is 1. The first-order valence-corrected chi connectivity index (χ1v) is 11.7. The number of carbonyl (C=O) groups is 1. The predicted octanol–water partition coefficient (Wildman–Crippen LogP) is 6.62. The minimum absolute atomic E-state index is 0.0278. The van der Waals surface area contributed by atoms with Crippen LogP contribution >= 0.6 is 11.6 Å². The van der Waals surface area contributed by atoms with Crippen LogP contribution in [0.15, 0.2) is 65.6 Å². The van der Waals surface area contributed by atoms with Crippen molar-refractivity contribution in [3.63, 3.8) is 0 Å². The molecule has 12 heteroatoms. The van der Waals surface area contributed by atoms with Crippen LogP contribution in [0.3, 0.4) is 0 Å². The molecular weight excluding hydrogens is 520 g/mol. The highest BCUT2D eigenvalue weighted by atomic mass is 35.5. The molecule has 0 saturated heterocycles. The van der Waals surface area contributed by atoms with Crippen molar-refractivity contribution in [3.05, 3.63) is 99.1 Å². The number of nitrogens with zero attached hydrogens (tertiary/aromatic N) is 1. The van der Waals surface area contributed by atoms with Crippen molar-refractivity contribution in [1.29, 1.82) is 0 Å². The van der Waals surface area contributed by atoms with E-state index in [1.54, 1.807) is 0 Å². The number of hydrogen-bond acceptors (Lipinski definition) is 3. The third kappa shape index (κ3) is 4.38. The van der Waals surface area contributed by atoms with Gasteiger partial charge >= 0.3 is 12.4 Å². The van der Waals surface area contributed by atoms with Gasteiger partial charge in [-0.25, -0.2) is 12.7 Å². The molecule has 4 nitrogen and oxygen atoms in total. The Kier molecular flexibility index (Phi) is 5.92. The summed E-state index contributed by atoms with van der Waals surface area (Å²) >= 11 is 5.80. The highest BCUT2D eigenvalue weighted by molar-refractivity contribution is 7.89. The maximum Gasteiger partial charge on any atom is 0.416 e. The first kappa shape index (κ1) is 25.1. The fraction of sp³-hybridized carbons (Fsp3) is 0.174. The van der Waals surface area contributed by atoms with E-state index < -0.39 is 55.9 Å². The van der Waals surface area contributed by atoms with Crippen LogP contribution in [-0.4, -0.2) is 18.6 Å². The van der Waals surface area contributed by atoms with E-state index in [0.717, 1.165) is 12.1 Å². The van der Waals surface area contributed by atoms with Gasteiger partial charge in [-0.3, -0.25) is 4.79 Å². The number of fused-ring (bicyclic) bond motifs is 1. The van der Waals surface area contributed by atoms with E-state index in [2.05, 4.69) is 0 Å². The lowest BCUT2D eigenvalue weighted by Gasteiger charge is -2.26. The average molecular weight is 534 g/mol. The van der Waals surface area contributed by atoms with Gasteiger partial charge in [0.15, 0.2) is 0 Å². The molecule has 0 N–H and O–H groups in total. The van der Waals surface area contributed by atoms with Gasteiger partial charge in [-0.1, -0.05) is 29.8 Å². The summed E-state index contributed by atoms with van der Waals surface area (Å²) in [6.07, 6.45) is -10.3. The number of aryl methyl sites for hydroxylation is 1.